The van der Waals surface area contributed by atoms with Crippen molar-refractivity contribution >= 4 is 11.6 Å². The Bertz CT molecular complexity index is 815. The summed E-state index contributed by atoms with van der Waals surface area (Å²) in [7, 11) is 0. The Hall–Kier alpha value is -2.69. The first-order valence-corrected chi connectivity index (χ1v) is 8.30. The molecule has 1 amide bonds. The lowest BCUT2D eigenvalue weighted by Gasteiger charge is -2.18. The molecule has 5 heteroatoms. The van der Waals surface area contributed by atoms with Crippen molar-refractivity contribution in [2.24, 2.45) is 5.16 Å². The number of nitrogens with one attached hydrogen (secondary N) is 1. The number of amides is 1. The normalized spacial score (nSPS) is 17.6. The van der Waals surface area contributed by atoms with Crippen LogP contribution < -0.4 is 5.32 Å². The van der Waals surface area contributed by atoms with Gasteiger partial charge in [-0.15, -0.1) is 0 Å². The summed E-state index contributed by atoms with van der Waals surface area (Å²) < 4.78 is 13.0. The highest BCUT2D eigenvalue weighted by Gasteiger charge is 2.30. The maximum atomic E-state index is 13.0. The van der Waals surface area contributed by atoms with Crippen LogP contribution in [0.3, 0.4) is 0 Å². The highest BCUT2D eigenvalue weighted by Crippen LogP contribution is 2.21. The second kappa shape index (κ2) is 7.05. The van der Waals surface area contributed by atoms with E-state index in [1.165, 1.54) is 17.7 Å². The van der Waals surface area contributed by atoms with Gasteiger partial charge < -0.3 is 10.2 Å². The average Bonchev–Trinajstić information content (AvgIpc) is 3.05. The standard InChI is InChI=1S/C20H21FN2O2/c1-12-4-9-17(13(2)10-12)14(3)22-20(24)19-11-18(23-25-19)15-5-7-16(21)8-6-15/h4-10,14,19H,11H2,1-3H3,(H,22,24). The van der Waals surface area contributed by atoms with E-state index in [1.54, 1.807) is 12.1 Å². The molecule has 0 aromatic heterocycles. The molecule has 1 aliphatic heterocycles. The Morgan fingerprint density at radius 2 is 1.96 bits per heavy atom. The Balaban J connectivity index is 1.62. The summed E-state index contributed by atoms with van der Waals surface area (Å²) in [4.78, 5) is 17.7. The van der Waals surface area contributed by atoms with E-state index >= 15 is 0 Å². The van der Waals surface area contributed by atoms with E-state index in [0.29, 0.717) is 12.1 Å². The van der Waals surface area contributed by atoms with Gasteiger partial charge >= 0.3 is 0 Å². The van der Waals surface area contributed by atoms with Crippen LogP contribution in [0.5, 0.6) is 0 Å². The third-order valence-corrected chi connectivity index (χ3v) is 4.39. The fourth-order valence-electron chi connectivity index (χ4n) is 3.03. The Morgan fingerprint density at radius 3 is 2.64 bits per heavy atom. The summed E-state index contributed by atoms with van der Waals surface area (Å²) in [5.41, 5.74) is 4.83. The molecule has 130 valence electrons. The topological polar surface area (TPSA) is 50.7 Å². The van der Waals surface area contributed by atoms with Crippen LogP contribution in [0.1, 0.15) is 41.6 Å². The third kappa shape index (κ3) is 3.87. The maximum Gasteiger partial charge on any atom is 0.264 e. The summed E-state index contributed by atoms with van der Waals surface area (Å²) in [5, 5.41) is 6.96. The summed E-state index contributed by atoms with van der Waals surface area (Å²) in [6.45, 7) is 6.03. The average molecular weight is 340 g/mol. The number of carbonyl (C=O) groups is 1. The molecule has 0 saturated carbocycles. The lowest BCUT2D eigenvalue weighted by Crippen LogP contribution is -2.36. The Labute approximate surface area is 146 Å². The number of nitrogens with zero attached hydrogens (tertiary/aromatic N) is 1. The molecule has 0 radical (unpaired) electrons. The fourth-order valence-corrected chi connectivity index (χ4v) is 3.03. The van der Waals surface area contributed by atoms with Crippen LogP contribution in [0.15, 0.2) is 47.6 Å². The zero-order valence-electron chi connectivity index (χ0n) is 14.5. The van der Waals surface area contributed by atoms with Crippen LogP contribution in [-0.4, -0.2) is 17.7 Å². The predicted molar refractivity (Wildman–Crippen MR) is 94.9 cm³/mol. The van der Waals surface area contributed by atoms with Crippen molar-refractivity contribution in [2.45, 2.75) is 39.3 Å². The summed E-state index contributed by atoms with van der Waals surface area (Å²) >= 11 is 0. The van der Waals surface area contributed by atoms with Gasteiger partial charge in [0.25, 0.3) is 5.91 Å². The number of aryl methyl sites for hydroxylation is 2. The Kier molecular flexibility index (Phi) is 4.83. The molecule has 25 heavy (non-hydrogen) atoms. The van der Waals surface area contributed by atoms with Crippen molar-refractivity contribution < 1.29 is 14.0 Å². The number of benzene rings is 2. The van der Waals surface area contributed by atoms with Crippen LogP contribution in [0, 0.1) is 19.7 Å². The van der Waals surface area contributed by atoms with Crippen LogP contribution in [0.25, 0.3) is 0 Å². The first-order chi connectivity index (χ1) is 11.9. The SMILES string of the molecule is Cc1ccc(C(C)NC(=O)C2CC(c3ccc(F)cc3)=NO2)c(C)c1. The summed E-state index contributed by atoms with van der Waals surface area (Å²) in [6, 6.07) is 12.1. The Morgan fingerprint density at radius 1 is 1.24 bits per heavy atom. The van der Waals surface area contributed by atoms with Gasteiger partial charge in [0.1, 0.15) is 5.82 Å². The van der Waals surface area contributed by atoms with Gasteiger partial charge in [-0.25, -0.2) is 4.39 Å². The van der Waals surface area contributed by atoms with Gasteiger partial charge in [-0.05, 0) is 49.6 Å². The highest BCUT2D eigenvalue weighted by molar-refractivity contribution is 6.04. The number of hydrogen-bond donors (Lipinski definition) is 1. The lowest BCUT2D eigenvalue weighted by atomic mass is 9.99. The van der Waals surface area contributed by atoms with Crippen molar-refractivity contribution in [2.75, 3.05) is 0 Å². The van der Waals surface area contributed by atoms with Crippen LogP contribution in [0.2, 0.25) is 0 Å². The molecule has 0 aliphatic carbocycles. The number of rotatable bonds is 4. The molecule has 3 rings (SSSR count). The maximum absolute atomic E-state index is 13.0. The number of hydrogen-bond acceptors (Lipinski definition) is 3. The quantitative estimate of drug-likeness (QED) is 0.920. The first kappa shape index (κ1) is 17.1. The van der Waals surface area contributed by atoms with E-state index in [9.17, 15) is 9.18 Å². The highest BCUT2D eigenvalue weighted by atomic mass is 19.1. The molecule has 0 fully saturated rings. The molecule has 4 nitrogen and oxygen atoms in total. The van der Waals surface area contributed by atoms with E-state index in [0.717, 1.165) is 16.7 Å². The van der Waals surface area contributed by atoms with Crippen LogP contribution >= 0.6 is 0 Å². The van der Waals surface area contributed by atoms with Crippen molar-refractivity contribution in [3.63, 3.8) is 0 Å². The summed E-state index contributed by atoms with van der Waals surface area (Å²) in [6.07, 6.45) is -0.287. The molecule has 2 unspecified atom stereocenters. The largest absolute Gasteiger partial charge is 0.382 e. The molecule has 0 bridgehead atoms. The number of oxime groups is 1. The summed E-state index contributed by atoms with van der Waals surface area (Å²) in [5.74, 6) is -0.506. The zero-order valence-corrected chi connectivity index (χ0v) is 14.5. The molecule has 0 saturated heterocycles. The van der Waals surface area contributed by atoms with E-state index < -0.39 is 6.10 Å². The molecular weight excluding hydrogens is 319 g/mol. The van der Waals surface area contributed by atoms with Gasteiger partial charge in [-0.3, -0.25) is 4.79 Å². The van der Waals surface area contributed by atoms with Gasteiger partial charge in [0.05, 0.1) is 11.8 Å². The minimum atomic E-state index is -0.659. The van der Waals surface area contributed by atoms with Crippen molar-refractivity contribution in [1.82, 2.24) is 5.32 Å². The van der Waals surface area contributed by atoms with Crippen LogP contribution in [-0.2, 0) is 9.63 Å². The molecule has 2 aromatic carbocycles. The zero-order chi connectivity index (χ0) is 18.0. The minimum absolute atomic E-state index is 0.119. The second-order valence-corrected chi connectivity index (χ2v) is 6.43. The number of halogens is 1. The number of carbonyl (C=O) groups excluding carboxylic acids is 1. The molecule has 1 heterocycles. The molecule has 1 N–H and O–H groups in total. The smallest absolute Gasteiger partial charge is 0.264 e. The van der Waals surface area contributed by atoms with Gasteiger partial charge in [0, 0.05) is 6.42 Å². The van der Waals surface area contributed by atoms with E-state index in [1.807, 2.05) is 32.9 Å². The lowest BCUT2D eigenvalue weighted by molar-refractivity contribution is -0.131. The molecular formula is C20H21FN2O2. The van der Waals surface area contributed by atoms with Gasteiger partial charge in [-0.2, -0.15) is 0 Å². The van der Waals surface area contributed by atoms with Crippen molar-refractivity contribution in [1.29, 1.82) is 0 Å². The van der Waals surface area contributed by atoms with E-state index in [2.05, 4.69) is 16.5 Å². The van der Waals surface area contributed by atoms with Gasteiger partial charge in [0.2, 0.25) is 6.10 Å². The second-order valence-electron chi connectivity index (χ2n) is 6.43. The minimum Gasteiger partial charge on any atom is -0.382 e. The van der Waals surface area contributed by atoms with Gasteiger partial charge in [-0.1, -0.05) is 41.1 Å². The van der Waals surface area contributed by atoms with E-state index in [-0.39, 0.29) is 17.8 Å². The monoisotopic (exact) mass is 340 g/mol. The van der Waals surface area contributed by atoms with Crippen molar-refractivity contribution in [3.05, 3.63) is 70.5 Å². The predicted octanol–water partition coefficient (Wildman–Crippen LogP) is 3.81. The molecule has 2 atom stereocenters. The fraction of sp³-hybridized carbons (Fsp3) is 0.300. The van der Waals surface area contributed by atoms with Crippen LogP contribution in [0.4, 0.5) is 4.39 Å². The third-order valence-electron chi connectivity index (χ3n) is 4.39. The molecule has 0 spiro atoms. The van der Waals surface area contributed by atoms with E-state index in [4.69, 9.17) is 4.84 Å². The van der Waals surface area contributed by atoms with Gasteiger partial charge in [0.15, 0.2) is 0 Å². The first-order valence-electron chi connectivity index (χ1n) is 8.30. The van der Waals surface area contributed by atoms with Crippen molar-refractivity contribution in [3.8, 4) is 0 Å². The molecule has 2 aromatic rings. The molecule has 1 aliphatic rings.